The first kappa shape index (κ1) is 30.0. The van der Waals surface area contributed by atoms with Crippen molar-refractivity contribution in [3.63, 3.8) is 0 Å². The fraction of sp³-hybridized carbons (Fsp3) is 0.370. The standard InChI is InChI=1S/C24H27FN2O5S.C3H7N/c1-14-16(10-7-11-17(14)25)21(29)26-18(12-15-8-5-4-6-9-15)19(28)22(30)27-13-33-24(2,3)20(27)23(31)32;1-2-3-4/h4-11,18-20,28H,12-13H2,1-3H3,(H,26,29)(H,31,32);2H,1,3-4H2/t18-,19-,20+;/m0./s1. The Hall–Kier alpha value is -3.21. The van der Waals surface area contributed by atoms with Gasteiger partial charge in [0.1, 0.15) is 11.9 Å². The molecule has 0 radical (unpaired) electrons. The van der Waals surface area contributed by atoms with E-state index < -0.39 is 46.5 Å². The molecule has 2 aromatic rings. The second-order valence-electron chi connectivity index (χ2n) is 9.08. The van der Waals surface area contributed by atoms with Crippen LogP contribution in [0.1, 0.15) is 35.3 Å². The van der Waals surface area contributed by atoms with Crippen LogP contribution in [0.2, 0.25) is 0 Å². The van der Waals surface area contributed by atoms with E-state index >= 15 is 0 Å². The van der Waals surface area contributed by atoms with E-state index in [1.54, 1.807) is 44.2 Å². The number of nitrogens with one attached hydrogen (secondary N) is 1. The zero-order chi connectivity index (χ0) is 27.8. The third-order valence-electron chi connectivity index (χ3n) is 5.99. The number of hydrogen-bond donors (Lipinski definition) is 4. The maximum Gasteiger partial charge on any atom is 0.327 e. The number of nitrogens with zero attached hydrogens (tertiary/aromatic N) is 1. The highest BCUT2D eigenvalue weighted by molar-refractivity contribution is 8.00. The first-order valence-corrected chi connectivity index (χ1v) is 12.7. The third kappa shape index (κ3) is 7.64. The van der Waals surface area contributed by atoms with E-state index in [1.165, 1.54) is 36.9 Å². The van der Waals surface area contributed by atoms with Gasteiger partial charge in [0.2, 0.25) is 0 Å². The number of carbonyl (C=O) groups is 3. The molecule has 0 spiro atoms. The lowest BCUT2D eigenvalue weighted by molar-refractivity contribution is -0.154. The monoisotopic (exact) mass is 531 g/mol. The largest absolute Gasteiger partial charge is 0.480 e. The average Bonchev–Trinajstić information content (AvgIpc) is 3.20. The summed E-state index contributed by atoms with van der Waals surface area (Å²) < 4.78 is 13.2. The minimum absolute atomic E-state index is 0.0917. The van der Waals surface area contributed by atoms with Gasteiger partial charge in [-0.3, -0.25) is 9.59 Å². The number of aliphatic carboxylic acids is 1. The Morgan fingerprint density at radius 1 is 1.24 bits per heavy atom. The van der Waals surface area contributed by atoms with E-state index in [9.17, 15) is 29.0 Å². The smallest absolute Gasteiger partial charge is 0.327 e. The SMILES string of the molecule is C=CCN.Cc1c(F)cccc1C(=O)N[C@@H](Cc1ccccc1)[C@H](O)C(=O)N1CSC(C)(C)[C@H]1C(=O)O. The molecule has 0 bridgehead atoms. The molecule has 0 saturated carbocycles. The van der Waals surface area contributed by atoms with Crippen LogP contribution < -0.4 is 11.1 Å². The van der Waals surface area contributed by atoms with Gasteiger partial charge in [-0.15, -0.1) is 18.3 Å². The molecule has 2 aromatic carbocycles. The lowest BCUT2D eigenvalue weighted by Crippen LogP contribution is -2.57. The molecule has 200 valence electrons. The maximum absolute atomic E-state index is 14.0. The Morgan fingerprint density at radius 2 is 1.86 bits per heavy atom. The van der Waals surface area contributed by atoms with Crippen LogP contribution >= 0.6 is 11.8 Å². The van der Waals surface area contributed by atoms with Gasteiger partial charge in [0.15, 0.2) is 6.10 Å². The second-order valence-corrected chi connectivity index (χ2v) is 10.7. The molecule has 2 amide bonds. The van der Waals surface area contributed by atoms with Crippen LogP contribution in [-0.4, -0.2) is 68.3 Å². The van der Waals surface area contributed by atoms with E-state index in [-0.39, 0.29) is 23.4 Å². The van der Waals surface area contributed by atoms with E-state index in [0.717, 1.165) is 10.5 Å². The number of rotatable bonds is 8. The number of carbonyl (C=O) groups excluding carboxylic acids is 2. The molecule has 3 rings (SSSR count). The molecule has 0 unspecified atom stereocenters. The minimum Gasteiger partial charge on any atom is -0.480 e. The Kier molecular flexibility index (Phi) is 10.8. The van der Waals surface area contributed by atoms with Crippen molar-refractivity contribution in [2.24, 2.45) is 5.73 Å². The van der Waals surface area contributed by atoms with Gasteiger partial charge in [-0.2, -0.15) is 0 Å². The Morgan fingerprint density at radius 3 is 2.43 bits per heavy atom. The fourth-order valence-corrected chi connectivity index (χ4v) is 5.07. The van der Waals surface area contributed by atoms with Crippen LogP contribution in [0.5, 0.6) is 0 Å². The normalized spacial score (nSPS) is 17.7. The quantitative estimate of drug-likeness (QED) is 0.385. The van der Waals surface area contributed by atoms with Gasteiger partial charge >= 0.3 is 5.97 Å². The molecular weight excluding hydrogens is 497 g/mol. The van der Waals surface area contributed by atoms with Gasteiger partial charge in [0, 0.05) is 16.9 Å². The van der Waals surface area contributed by atoms with Crippen LogP contribution in [-0.2, 0) is 16.0 Å². The lowest BCUT2D eigenvalue weighted by atomic mass is 9.97. The fourth-order valence-electron chi connectivity index (χ4n) is 3.94. The van der Waals surface area contributed by atoms with Gasteiger partial charge in [-0.1, -0.05) is 42.5 Å². The molecular formula is C27H34FN3O5S. The van der Waals surface area contributed by atoms with Crippen molar-refractivity contribution in [3.05, 3.63) is 83.7 Å². The van der Waals surface area contributed by atoms with Gasteiger partial charge in [0.05, 0.1) is 11.9 Å². The number of aliphatic hydroxyl groups excluding tert-OH is 1. The number of benzene rings is 2. The summed E-state index contributed by atoms with van der Waals surface area (Å²) in [6.07, 6.45) is 0.0787. The topological polar surface area (TPSA) is 133 Å². The van der Waals surface area contributed by atoms with Crippen molar-refractivity contribution in [2.75, 3.05) is 12.4 Å². The zero-order valence-corrected chi connectivity index (χ0v) is 22.0. The minimum atomic E-state index is -1.70. The number of aliphatic hydroxyl groups is 1. The third-order valence-corrected chi connectivity index (χ3v) is 7.37. The van der Waals surface area contributed by atoms with Crippen molar-refractivity contribution in [1.29, 1.82) is 0 Å². The summed E-state index contributed by atoms with van der Waals surface area (Å²) in [4.78, 5) is 39.1. The van der Waals surface area contributed by atoms with Gasteiger partial charge in [0.25, 0.3) is 11.8 Å². The number of nitrogens with two attached hydrogens (primary N) is 1. The van der Waals surface area contributed by atoms with Crippen LogP contribution in [0.4, 0.5) is 4.39 Å². The van der Waals surface area contributed by atoms with Crippen molar-refractivity contribution in [2.45, 2.75) is 50.1 Å². The summed E-state index contributed by atoms with van der Waals surface area (Å²) in [7, 11) is 0. The van der Waals surface area contributed by atoms with E-state index in [1.807, 2.05) is 6.07 Å². The van der Waals surface area contributed by atoms with Crippen molar-refractivity contribution < 1.29 is 29.0 Å². The van der Waals surface area contributed by atoms with E-state index in [4.69, 9.17) is 5.73 Å². The molecule has 10 heteroatoms. The van der Waals surface area contributed by atoms with E-state index in [2.05, 4.69) is 11.9 Å². The highest BCUT2D eigenvalue weighted by atomic mass is 32.2. The summed E-state index contributed by atoms with van der Waals surface area (Å²) in [6.45, 7) is 8.87. The number of hydrogen-bond acceptors (Lipinski definition) is 6. The molecule has 1 aliphatic rings. The Labute approximate surface area is 220 Å². The highest BCUT2D eigenvalue weighted by Gasteiger charge is 2.50. The highest BCUT2D eigenvalue weighted by Crippen LogP contribution is 2.39. The summed E-state index contributed by atoms with van der Waals surface area (Å²) in [5.74, 6) is -3.01. The summed E-state index contributed by atoms with van der Waals surface area (Å²) in [5, 5.41) is 23.3. The molecule has 37 heavy (non-hydrogen) atoms. The number of carboxylic acid groups (broad SMARTS) is 1. The second kappa shape index (κ2) is 13.4. The Bertz CT molecular complexity index is 1110. The summed E-state index contributed by atoms with van der Waals surface area (Å²) >= 11 is 1.30. The molecule has 5 N–H and O–H groups in total. The van der Waals surface area contributed by atoms with Gasteiger partial charge < -0.3 is 26.2 Å². The van der Waals surface area contributed by atoms with Crippen molar-refractivity contribution in [1.82, 2.24) is 10.2 Å². The predicted molar refractivity (Wildman–Crippen MR) is 143 cm³/mol. The maximum atomic E-state index is 14.0. The van der Waals surface area contributed by atoms with Gasteiger partial charge in [-0.05, 0) is 50.5 Å². The first-order valence-electron chi connectivity index (χ1n) is 11.7. The predicted octanol–water partition coefficient (Wildman–Crippen LogP) is 2.73. The van der Waals surface area contributed by atoms with Crippen LogP contribution in [0.25, 0.3) is 0 Å². The number of amides is 2. The summed E-state index contributed by atoms with van der Waals surface area (Å²) in [6, 6.07) is 10.9. The lowest BCUT2D eigenvalue weighted by Gasteiger charge is -2.31. The van der Waals surface area contributed by atoms with Crippen molar-refractivity contribution in [3.8, 4) is 0 Å². The number of halogens is 1. The summed E-state index contributed by atoms with van der Waals surface area (Å²) in [5.41, 5.74) is 5.91. The molecule has 3 atom stereocenters. The van der Waals surface area contributed by atoms with Crippen LogP contribution in [0, 0.1) is 12.7 Å². The molecule has 1 saturated heterocycles. The molecule has 8 nitrogen and oxygen atoms in total. The Balaban J connectivity index is 0.00000112. The molecule has 0 aromatic heterocycles. The van der Waals surface area contributed by atoms with Gasteiger partial charge in [-0.25, -0.2) is 9.18 Å². The molecule has 1 heterocycles. The molecule has 1 aliphatic heterocycles. The van der Waals surface area contributed by atoms with Crippen molar-refractivity contribution >= 4 is 29.5 Å². The zero-order valence-electron chi connectivity index (χ0n) is 21.2. The van der Waals surface area contributed by atoms with Crippen LogP contribution in [0.15, 0.2) is 61.2 Å². The number of thioether (sulfide) groups is 1. The first-order chi connectivity index (χ1) is 17.4. The molecule has 0 aliphatic carbocycles. The van der Waals surface area contributed by atoms with E-state index in [0.29, 0.717) is 6.54 Å². The average molecular weight is 532 g/mol. The number of carboxylic acids is 1. The van der Waals surface area contributed by atoms with Crippen LogP contribution in [0.3, 0.4) is 0 Å². The molecule has 1 fully saturated rings.